The van der Waals surface area contributed by atoms with Crippen LogP contribution >= 0.6 is 0 Å². The van der Waals surface area contributed by atoms with E-state index in [9.17, 15) is 4.79 Å². The van der Waals surface area contributed by atoms with Crippen LogP contribution in [0.15, 0.2) is 48.7 Å². The van der Waals surface area contributed by atoms with E-state index in [-0.39, 0.29) is 18.4 Å². The van der Waals surface area contributed by atoms with Gasteiger partial charge in [-0.2, -0.15) is 0 Å². The van der Waals surface area contributed by atoms with E-state index in [0.717, 1.165) is 11.4 Å². The van der Waals surface area contributed by atoms with E-state index < -0.39 is 0 Å². The maximum absolute atomic E-state index is 12.4. The zero-order valence-corrected chi connectivity index (χ0v) is 14.6. The van der Waals surface area contributed by atoms with Crippen LogP contribution in [0.25, 0.3) is 0 Å². The van der Waals surface area contributed by atoms with Gasteiger partial charge in [0, 0.05) is 23.6 Å². The topological polar surface area (TPSA) is 98.3 Å². The van der Waals surface area contributed by atoms with Crippen molar-refractivity contribution in [1.29, 1.82) is 0 Å². The predicted molar refractivity (Wildman–Crippen MR) is 98.0 cm³/mol. The summed E-state index contributed by atoms with van der Waals surface area (Å²) in [4.78, 5) is 25.3. The van der Waals surface area contributed by atoms with Gasteiger partial charge in [0.2, 0.25) is 12.7 Å². The molecule has 4 rings (SSSR count). The van der Waals surface area contributed by atoms with Crippen LogP contribution in [0.1, 0.15) is 21.9 Å². The molecule has 27 heavy (non-hydrogen) atoms. The average molecular weight is 363 g/mol. The second kappa shape index (κ2) is 7.28. The molecule has 2 N–H and O–H groups in total. The van der Waals surface area contributed by atoms with E-state index in [2.05, 4.69) is 25.6 Å². The van der Waals surface area contributed by atoms with Gasteiger partial charge in [0.15, 0.2) is 11.5 Å². The Labute approximate surface area is 155 Å². The Morgan fingerprint density at radius 3 is 2.85 bits per heavy atom. The molecule has 3 aromatic rings. The van der Waals surface area contributed by atoms with Gasteiger partial charge < -0.3 is 20.1 Å². The molecule has 8 nitrogen and oxygen atoms in total. The minimum absolute atomic E-state index is 0.209. The van der Waals surface area contributed by atoms with E-state index in [1.807, 2.05) is 31.2 Å². The maximum Gasteiger partial charge on any atom is 0.270 e. The molecule has 0 spiro atoms. The number of aryl methyl sites for hydroxylation is 1. The molecule has 3 heterocycles. The van der Waals surface area contributed by atoms with Crippen molar-refractivity contribution in [1.82, 2.24) is 20.3 Å². The fourth-order valence-electron chi connectivity index (χ4n) is 2.61. The number of nitrogens with zero attached hydrogens (tertiary/aromatic N) is 3. The van der Waals surface area contributed by atoms with Crippen molar-refractivity contribution in [3.63, 3.8) is 0 Å². The lowest BCUT2D eigenvalue weighted by atomic mass is 10.2. The van der Waals surface area contributed by atoms with Gasteiger partial charge in [-0.25, -0.2) is 9.97 Å². The predicted octanol–water partition coefficient (Wildman–Crippen LogP) is 2.58. The summed E-state index contributed by atoms with van der Waals surface area (Å²) < 4.78 is 10.7. The molecule has 0 saturated heterocycles. The maximum atomic E-state index is 12.4. The Kier molecular flexibility index (Phi) is 4.52. The fraction of sp³-hybridized carbons (Fsp3) is 0.158. The zero-order valence-electron chi connectivity index (χ0n) is 14.6. The highest BCUT2D eigenvalue weighted by Gasteiger charge is 2.15. The molecule has 1 aromatic carbocycles. The van der Waals surface area contributed by atoms with Crippen molar-refractivity contribution in [3.8, 4) is 11.5 Å². The molecule has 0 atom stereocenters. The molecule has 0 unspecified atom stereocenters. The third kappa shape index (κ3) is 3.95. The highest BCUT2D eigenvalue weighted by Crippen LogP contribution is 2.34. The minimum Gasteiger partial charge on any atom is -0.454 e. The third-order valence-corrected chi connectivity index (χ3v) is 3.87. The summed E-state index contributed by atoms with van der Waals surface area (Å²) in [6, 6.07) is 12.6. The van der Waals surface area contributed by atoms with Crippen molar-refractivity contribution in [2.24, 2.45) is 0 Å². The monoisotopic (exact) mass is 363 g/mol. The van der Waals surface area contributed by atoms with Gasteiger partial charge in [0.1, 0.15) is 5.69 Å². The number of anilines is 2. The molecule has 1 aliphatic heterocycles. The third-order valence-electron chi connectivity index (χ3n) is 3.87. The standard InChI is InChI=1S/C19H17N5O3/c1-12-8-15(18(25)21-10-14-4-2-3-7-20-14)24-19(22-12)23-13-5-6-16-17(9-13)27-11-26-16/h2-9H,10-11H2,1H3,(H,21,25)(H,22,23,24). The normalized spacial score (nSPS) is 11.9. The van der Waals surface area contributed by atoms with Gasteiger partial charge in [-0.05, 0) is 37.3 Å². The molecule has 0 bridgehead atoms. The molecule has 2 aromatic heterocycles. The highest BCUT2D eigenvalue weighted by atomic mass is 16.7. The number of rotatable bonds is 5. The molecule has 0 radical (unpaired) electrons. The first-order valence-corrected chi connectivity index (χ1v) is 8.38. The van der Waals surface area contributed by atoms with Crippen LogP contribution in [0.2, 0.25) is 0 Å². The van der Waals surface area contributed by atoms with Crippen molar-refractivity contribution < 1.29 is 14.3 Å². The highest BCUT2D eigenvalue weighted by molar-refractivity contribution is 5.92. The first-order valence-electron chi connectivity index (χ1n) is 8.38. The summed E-state index contributed by atoms with van der Waals surface area (Å²) in [6.45, 7) is 2.34. The van der Waals surface area contributed by atoms with Crippen molar-refractivity contribution in [2.45, 2.75) is 13.5 Å². The molecule has 0 saturated carbocycles. The van der Waals surface area contributed by atoms with Crippen LogP contribution < -0.4 is 20.1 Å². The summed E-state index contributed by atoms with van der Waals surface area (Å²) in [5, 5.41) is 5.90. The zero-order chi connectivity index (χ0) is 18.6. The summed E-state index contributed by atoms with van der Waals surface area (Å²) >= 11 is 0. The van der Waals surface area contributed by atoms with Gasteiger partial charge in [-0.15, -0.1) is 0 Å². The number of fused-ring (bicyclic) bond motifs is 1. The van der Waals surface area contributed by atoms with Crippen LogP contribution in [0.4, 0.5) is 11.6 Å². The van der Waals surface area contributed by atoms with E-state index in [1.165, 1.54) is 0 Å². The Bertz CT molecular complexity index is 978. The molecular formula is C19H17N5O3. The van der Waals surface area contributed by atoms with E-state index in [0.29, 0.717) is 29.7 Å². The Hall–Kier alpha value is -3.68. The van der Waals surface area contributed by atoms with Gasteiger partial charge in [0.25, 0.3) is 5.91 Å². The Morgan fingerprint density at radius 1 is 1.11 bits per heavy atom. The molecule has 0 fully saturated rings. The van der Waals surface area contributed by atoms with Crippen LogP contribution in [-0.2, 0) is 6.54 Å². The lowest BCUT2D eigenvalue weighted by Crippen LogP contribution is -2.24. The second-order valence-electron chi connectivity index (χ2n) is 5.91. The number of amides is 1. The van der Waals surface area contributed by atoms with E-state index in [4.69, 9.17) is 9.47 Å². The lowest BCUT2D eigenvalue weighted by Gasteiger charge is -2.09. The summed E-state index contributed by atoms with van der Waals surface area (Å²) in [6.07, 6.45) is 1.68. The first-order chi connectivity index (χ1) is 13.2. The molecular weight excluding hydrogens is 346 g/mol. The number of carbonyl (C=O) groups is 1. The lowest BCUT2D eigenvalue weighted by molar-refractivity contribution is 0.0945. The van der Waals surface area contributed by atoms with Crippen molar-refractivity contribution in [3.05, 3.63) is 65.7 Å². The number of hydrogen-bond donors (Lipinski definition) is 2. The second-order valence-corrected chi connectivity index (χ2v) is 5.91. The van der Waals surface area contributed by atoms with Crippen LogP contribution in [0, 0.1) is 6.92 Å². The first kappa shape index (κ1) is 16.8. The van der Waals surface area contributed by atoms with Gasteiger partial charge in [-0.3, -0.25) is 9.78 Å². The summed E-state index contributed by atoms with van der Waals surface area (Å²) in [5.41, 5.74) is 2.47. The van der Waals surface area contributed by atoms with Gasteiger partial charge >= 0.3 is 0 Å². The summed E-state index contributed by atoms with van der Waals surface area (Å²) in [7, 11) is 0. The fourth-order valence-corrected chi connectivity index (χ4v) is 2.61. The smallest absolute Gasteiger partial charge is 0.270 e. The number of carbonyl (C=O) groups excluding carboxylic acids is 1. The van der Waals surface area contributed by atoms with Crippen LogP contribution in [0.3, 0.4) is 0 Å². The molecule has 1 amide bonds. The van der Waals surface area contributed by atoms with E-state index in [1.54, 1.807) is 24.4 Å². The number of pyridine rings is 1. The van der Waals surface area contributed by atoms with Crippen LogP contribution in [-0.4, -0.2) is 27.7 Å². The molecule has 8 heteroatoms. The Morgan fingerprint density at radius 2 is 2.00 bits per heavy atom. The molecule has 0 aliphatic carbocycles. The number of ether oxygens (including phenoxy) is 2. The van der Waals surface area contributed by atoms with E-state index >= 15 is 0 Å². The quantitative estimate of drug-likeness (QED) is 0.719. The van der Waals surface area contributed by atoms with Crippen molar-refractivity contribution in [2.75, 3.05) is 12.1 Å². The summed E-state index contributed by atoms with van der Waals surface area (Å²) in [5.74, 6) is 1.39. The average Bonchev–Trinajstić information content (AvgIpc) is 3.14. The molecule has 1 aliphatic rings. The number of hydrogen-bond acceptors (Lipinski definition) is 7. The SMILES string of the molecule is Cc1cc(C(=O)NCc2ccccn2)nc(Nc2ccc3c(c2)OCO3)n1. The molecule has 136 valence electrons. The number of aromatic nitrogens is 3. The minimum atomic E-state index is -0.292. The largest absolute Gasteiger partial charge is 0.454 e. The van der Waals surface area contributed by atoms with Crippen LogP contribution in [0.5, 0.6) is 11.5 Å². The van der Waals surface area contributed by atoms with Gasteiger partial charge in [-0.1, -0.05) is 6.07 Å². The van der Waals surface area contributed by atoms with Gasteiger partial charge in [0.05, 0.1) is 12.2 Å². The number of nitrogens with one attached hydrogen (secondary N) is 2. The van der Waals surface area contributed by atoms with Crippen molar-refractivity contribution >= 4 is 17.5 Å². The number of benzene rings is 1. The Balaban J connectivity index is 1.48.